The van der Waals surface area contributed by atoms with Crippen LogP contribution in [0.3, 0.4) is 0 Å². The Hall–Kier alpha value is 0.1000. The molecule has 0 amide bonds. The van der Waals surface area contributed by atoms with Gasteiger partial charge in [0.1, 0.15) is 0 Å². The monoisotopic (exact) mass is 327 g/mol. The normalized spacial score (nSPS) is 12.2. The van der Waals surface area contributed by atoms with Crippen molar-refractivity contribution < 1.29 is 48.3 Å². The number of rotatable bonds is 8. The summed E-state index contributed by atoms with van der Waals surface area (Å²) >= 11 is 0. The quantitative estimate of drug-likeness (QED) is 0.232. The summed E-state index contributed by atoms with van der Waals surface area (Å²) in [4.78, 5) is 32.8. The Morgan fingerprint density at radius 2 is 1.00 bits per heavy atom. The second-order valence-corrected chi connectivity index (χ2v) is 5.69. The summed E-state index contributed by atoms with van der Waals surface area (Å²) in [6.07, 6.45) is 0. The Kier molecular flexibility index (Phi) is 12.2. The Balaban J connectivity index is 0. The maximum Gasteiger partial charge on any atom is 0.478 e. The van der Waals surface area contributed by atoms with Crippen LogP contribution >= 0.6 is 15.6 Å². The fraction of sp³-hybridized carbons (Fsp3) is 1.00. The molecule has 0 saturated carbocycles. The fourth-order valence-electron chi connectivity index (χ4n) is 0.898. The molecule has 0 aromatic carbocycles. The lowest BCUT2D eigenvalue weighted by Gasteiger charge is -2.17. The topological polar surface area (TPSA) is 188 Å². The zero-order chi connectivity index (χ0) is 15.5. The molecule has 118 valence electrons. The highest BCUT2D eigenvalue weighted by Crippen LogP contribution is 2.53. The molecule has 0 radical (unpaired) electrons. The highest BCUT2D eigenvalue weighted by atomic mass is 31.3. The van der Waals surface area contributed by atoms with Crippen molar-refractivity contribution in [3.8, 4) is 0 Å². The van der Waals surface area contributed by atoms with Crippen molar-refractivity contribution >= 4 is 15.6 Å². The van der Waals surface area contributed by atoms with E-state index >= 15 is 0 Å². The first-order valence-corrected chi connectivity index (χ1v) is 7.99. The molecule has 0 aliphatic heterocycles. The van der Waals surface area contributed by atoms with Gasteiger partial charge < -0.3 is 34.9 Å². The molecule has 0 aromatic heterocycles. The fourth-order valence-corrected chi connectivity index (χ4v) is 2.01. The summed E-state index contributed by atoms with van der Waals surface area (Å²) in [5.41, 5.74) is 0. The summed E-state index contributed by atoms with van der Waals surface area (Å²) in [6.45, 7) is 1.75. The van der Waals surface area contributed by atoms with Crippen LogP contribution in [0.2, 0.25) is 0 Å². The molecule has 0 aliphatic carbocycles. The van der Waals surface area contributed by atoms with Gasteiger partial charge in [0.25, 0.3) is 0 Å². The molecular weight excluding hydrogens is 308 g/mol. The molecule has 0 saturated heterocycles. The van der Waals surface area contributed by atoms with Crippen molar-refractivity contribution in [1.29, 1.82) is 0 Å². The van der Waals surface area contributed by atoms with E-state index < -0.39 is 15.6 Å². The van der Waals surface area contributed by atoms with Crippen LogP contribution in [0.15, 0.2) is 0 Å². The molecule has 0 bridgehead atoms. The first kappa shape index (κ1) is 21.4. The number of aliphatic hydroxyl groups is 3. The van der Waals surface area contributed by atoms with Crippen LogP contribution in [0.5, 0.6) is 0 Å². The van der Waals surface area contributed by atoms with Crippen molar-refractivity contribution in [2.75, 3.05) is 39.5 Å². The Labute approximate surface area is 109 Å². The van der Waals surface area contributed by atoms with Crippen molar-refractivity contribution in [3.63, 3.8) is 0 Å². The predicted octanol–water partition coefficient (Wildman–Crippen LogP) is -2.55. The van der Waals surface area contributed by atoms with Gasteiger partial charge in [0.15, 0.2) is 0 Å². The third-order valence-corrected chi connectivity index (χ3v) is 3.16. The molecule has 0 unspecified atom stereocenters. The molecule has 19 heavy (non-hydrogen) atoms. The maximum absolute atomic E-state index is 9.63. The number of hydrogen-bond donors (Lipinski definition) is 7. The number of aliphatic hydroxyl groups excluding tert-OH is 3. The van der Waals surface area contributed by atoms with E-state index in [1.54, 1.807) is 4.90 Å². The van der Waals surface area contributed by atoms with Crippen LogP contribution in [0.1, 0.15) is 0 Å². The first-order valence-electron chi connectivity index (χ1n) is 4.93. The molecule has 0 atom stereocenters. The molecule has 0 fully saturated rings. The molecule has 0 heterocycles. The Bertz CT molecular complexity index is 266. The lowest BCUT2D eigenvalue weighted by Crippen LogP contribution is -2.32. The van der Waals surface area contributed by atoms with E-state index in [9.17, 15) is 9.13 Å². The zero-order valence-corrected chi connectivity index (χ0v) is 11.7. The van der Waals surface area contributed by atoms with Gasteiger partial charge in [-0.05, 0) is 0 Å². The van der Waals surface area contributed by atoms with Gasteiger partial charge in [-0.3, -0.25) is 4.90 Å². The highest BCUT2D eigenvalue weighted by molar-refractivity contribution is 7.60. The summed E-state index contributed by atoms with van der Waals surface area (Å²) in [5.74, 6) is 0. The van der Waals surface area contributed by atoms with Crippen LogP contribution < -0.4 is 0 Å². The summed E-state index contributed by atoms with van der Waals surface area (Å²) in [7, 11) is -10.1. The molecule has 0 aliphatic rings. The maximum atomic E-state index is 9.63. The van der Waals surface area contributed by atoms with Gasteiger partial charge in [-0.15, -0.1) is 0 Å². The van der Waals surface area contributed by atoms with E-state index in [1.165, 1.54) is 0 Å². The van der Waals surface area contributed by atoms with Crippen LogP contribution in [0.25, 0.3) is 0 Å². The van der Waals surface area contributed by atoms with Gasteiger partial charge in [0, 0.05) is 19.6 Å². The lowest BCUT2D eigenvalue weighted by molar-refractivity contribution is 0.136. The molecule has 0 rings (SSSR count). The number of hydrogen-bond acceptors (Lipinski definition) is 7. The van der Waals surface area contributed by atoms with Gasteiger partial charge >= 0.3 is 15.6 Å². The third-order valence-electron chi connectivity index (χ3n) is 1.46. The van der Waals surface area contributed by atoms with E-state index in [1.807, 2.05) is 0 Å². The third kappa shape index (κ3) is 20.6. The van der Waals surface area contributed by atoms with E-state index in [0.717, 1.165) is 0 Å². The van der Waals surface area contributed by atoms with Gasteiger partial charge in [0.2, 0.25) is 0 Å². The summed E-state index contributed by atoms with van der Waals surface area (Å²) in [6, 6.07) is 0. The summed E-state index contributed by atoms with van der Waals surface area (Å²) in [5, 5.41) is 25.5. The molecule has 7 N–H and O–H groups in total. The average molecular weight is 327 g/mol. The second-order valence-electron chi connectivity index (χ2n) is 3.08. The van der Waals surface area contributed by atoms with Gasteiger partial charge in [0.05, 0.1) is 19.8 Å². The van der Waals surface area contributed by atoms with E-state index in [4.69, 9.17) is 34.9 Å². The zero-order valence-electron chi connectivity index (χ0n) is 9.94. The largest absolute Gasteiger partial charge is 0.478 e. The Morgan fingerprint density at radius 1 is 0.737 bits per heavy atom. The minimum Gasteiger partial charge on any atom is -0.395 e. The minimum absolute atomic E-state index is 0.0694. The van der Waals surface area contributed by atoms with Crippen LogP contribution in [-0.2, 0) is 13.4 Å². The summed E-state index contributed by atoms with van der Waals surface area (Å²) < 4.78 is 22.2. The first-order chi connectivity index (χ1) is 8.55. The van der Waals surface area contributed by atoms with Crippen LogP contribution in [-0.4, -0.2) is 79.2 Å². The van der Waals surface area contributed by atoms with E-state index in [2.05, 4.69) is 4.31 Å². The predicted molar refractivity (Wildman–Crippen MR) is 62.9 cm³/mol. The van der Waals surface area contributed by atoms with Crippen LogP contribution in [0, 0.1) is 0 Å². The molecule has 0 spiro atoms. The van der Waals surface area contributed by atoms with Crippen molar-refractivity contribution in [3.05, 3.63) is 0 Å². The SMILES string of the molecule is O=P(O)(O)OP(=O)(O)O.OCCN(CCO)CCO. The van der Waals surface area contributed by atoms with Gasteiger partial charge in [-0.1, -0.05) is 0 Å². The lowest BCUT2D eigenvalue weighted by atomic mass is 10.4. The molecule has 11 nitrogen and oxygen atoms in total. The molecule has 13 heteroatoms. The van der Waals surface area contributed by atoms with Gasteiger partial charge in [-0.2, -0.15) is 4.31 Å². The molecule has 0 aromatic rings. The number of nitrogens with zero attached hydrogens (tertiary/aromatic N) is 1. The number of phosphoric acid groups is 2. The molecular formula is C6H19NO10P2. The highest BCUT2D eigenvalue weighted by Gasteiger charge is 2.27. The van der Waals surface area contributed by atoms with Crippen molar-refractivity contribution in [2.45, 2.75) is 0 Å². The van der Waals surface area contributed by atoms with Gasteiger partial charge in [-0.25, -0.2) is 9.13 Å². The van der Waals surface area contributed by atoms with E-state index in [0.29, 0.717) is 19.6 Å². The second kappa shape index (κ2) is 10.8. The Morgan fingerprint density at radius 3 is 1.11 bits per heavy atom. The smallest absolute Gasteiger partial charge is 0.395 e. The minimum atomic E-state index is -5.05. The average Bonchev–Trinajstić information content (AvgIpc) is 2.13. The van der Waals surface area contributed by atoms with Crippen LogP contribution in [0.4, 0.5) is 0 Å². The van der Waals surface area contributed by atoms with E-state index in [-0.39, 0.29) is 19.8 Å². The standard InChI is InChI=1S/C6H15NO3.H4O7P2/c8-4-1-7(2-5-9)3-6-10;1-8(2,3)7-9(4,5)6/h8-10H,1-6H2;(H2,1,2,3)(H2,4,5,6). The van der Waals surface area contributed by atoms with Crippen molar-refractivity contribution in [2.24, 2.45) is 0 Å². The van der Waals surface area contributed by atoms with Crippen molar-refractivity contribution in [1.82, 2.24) is 4.90 Å².